The monoisotopic (exact) mass is 245 g/mol. The van der Waals surface area contributed by atoms with E-state index in [4.69, 9.17) is 4.74 Å². The number of rotatable bonds is 9. The van der Waals surface area contributed by atoms with Gasteiger partial charge in [-0.3, -0.25) is 4.79 Å². The van der Waals surface area contributed by atoms with Gasteiger partial charge in [-0.15, -0.1) is 0 Å². The zero-order valence-electron chi connectivity index (χ0n) is 11.5. The zero-order chi connectivity index (χ0) is 13.3. The van der Waals surface area contributed by atoms with E-state index in [0.29, 0.717) is 19.6 Å². The highest BCUT2D eigenvalue weighted by atomic mass is 16.5. The molecule has 0 radical (unpaired) electrons. The predicted octanol–water partition coefficient (Wildman–Crippen LogP) is 1.57. The molecule has 0 spiro atoms. The van der Waals surface area contributed by atoms with Crippen LogP contribution in [0.1, 0.15) is 40.0 Å². The Morgan fingerprint density at radius 2 is 1.94 bits per heavy atom. The fourth-order valence-corrected chi connectivity index (χ4v) is 1.95. The molecule has 4 heteroatoms. The van der Waals surface area contributed by atoms with Crippen molar-refractivity contribution in [2.75, 3.05) is 20.3 Å². The molecule has 17 heavy (non-hydrogen) atoms. The van der Waals surface area contributed by atoms with Crippen molar-refractivity contribution in [3.05, 3.63) is 0 Å². The minimum Gasteiger partial charge on any atom is -0.391 e. The standard InChI is InChI=1S/C13H27NO3/c1-5-11(6-2)12(15)8-14-13(16)7-10(3)9-17-4/h10-12,15H,5-9H2,1-4H3,(H,14,16). The SMILES string of the molecule is CCC(CC)C(O)CNC(=O)CC(C)COC. The molecule has 102 valence electrons. The maximum atomic E-state index is 11.6. The van der Waals surface area contributed by atoms with Crippen LogP contribution in [0.25, 0.3) is 0 Å². The van der Waals surface area contributed by atoms with E-state index in [1.165, 1.54) is 0 Å². The second-order valence-electron chi connectivity index (χ2n) is 4.71. The summed E-state index contributed by atoms with van der Waals surface area (Å²) in [6.07, 6.45) is 1.89. The second kappa shape index (κ2) is 9.42. The molecule has 0 aliphatic heterocycles. The lowest BCUT2D eigenvalue weighted by Gasteiger charge is -2.20. The van der Waals surface area contributed by atoms with E-state index in [2.05, 4.69) is 19.2 Å². The number of hydrogen-bond acceptors (Lipinski definition) is 3. The van der Waals surface area contributed by atoms with Crippen LogP contribution in [0.5, 0.6) is 0 Å². The summed E-state index contributed by atoms with van der Waals surface area (Å²) in [5, 5.41) is 12.6. The molecule has 0 aromatic rings. The number of carbonyl (C=O) groups excluding carboxylic acids is 1. The van der Waals surface area contributed by atoms with Crippen LogP contribution in [-0.2, 0) is 9.53 Å². The van der Waals surface area contributed by atoms with Crippen molar-refractivity contribution in [3.8, 4) is 0 Å². The van der Waals surface area contributed by atoms with Gasteiger partial charge in [0.25, 0.3) is 0 Å². The largest absolute Gasteiger partial charge is 0.391 e. The van der Waals surface area contributed by atoms with Crippen molar-refractivity contribution in [3.63, 3.8) is 0 Å². The highest BCUT2D eigenvalue weighted by molar-refractivity contribution is 5.76. The summed E-state index contributed by atoms with van der Waals surface area (Å²) in [6.45, 7) is 7.02. The summed E-state index contributed by atoms with van der Waals surface area (Å²) in [5.74, 6) is 0.469. The van der Waals surface area contributed by atoms with Crippen LogP contribution in [-0.4, -0.2) is 37.4 Å². The number of methoxy groups -OCH3 is 1. The maximum absolute atomic E-state index is 11.6. The van der Waals surface area contributed by atoms with Crippen LogP contribution in [0.15, 0.2) is 0 Å². The molecule has 4 nitrogen and oxygen atoms in total. The average molecular weight is 245 g/mol. The second-order valence-corrected chi connectivity index (χ2v) is 4.71. The summed E-state index contributed by atoms with van der Waals surface area (Å²) in [4.78, 5) is 11.6. The molecular formula is C13H27NO3. The molecule has 0 saturated carbocycles. The van der Waals surface area contributed by atoms with Crippen molar-refractivity contribution in [2.45, 2.75) is 46.1 Å². The molecule has 2 atom stereocenters. The summed E-state index contributed by atoms with van der Waals surface area (Å²) < 4.78 is 4.97. The number of aliphatic hydroxyl groups is 1. The van der Waals surface area contributed by atoms with Gasteiger partial charge < -0.3 is 15.2 Å². The lowest BCUT2D eigenvalue weighted by atomic mass is 9.96. The molecular weight excluding hydrogens is 218 g/mol. The molecule has 0 aliphatic carbocycles. The fourth-order valence-electron chi connectivity index (χ4n) is 1.95. The van der Waals surface area contributed by atoms with E-state index in [0.717, 1.165) is 12.8 Å². The fraction of sp³-hybridized carbons (Fsp3) is 0.923. The number of carbonyl (C=O) groups is 1. The number of nitrogens with one attached hydrogen (secondary N) is 1. The summed E-state index contributed by atoms with van der Waals surface area (Å²) in [5.41, 5.74) is 0. The van der Waals surface area contributed by atoms with E-state index >= 15 is 0 Å². The zero-order valence-corrected chi connectivity index (χ0v) is 11.5. The third-order valence-corrected chi connectivity index (χ3v) is 3.09. The highest BCUT2D eigenvalue weighted by Gasteiger charge is 2.16. The Morgan fingerprint density at radius 1 is 1.35 bits per heavy atom. The molecule has 0 heterocycles. The van der Waals surface area contributed by atoms with Crippen molar-refractivity contribution >= 4 is 5.91 Å². The highest BCUT2D eigenvalue weighted by Crippen LogP contribution is 2.12. The summed E-state index contributed by atoms with van der Waals surface area (Å²) >= 11 is 0. The molecule has 0 aromatic carbocycles. The Hall–Kier alpha value is -0.610. The van der Waals surface area contributed by atoms with Gasteiger partial charge in [0, 0.05) is 26.7 Å². The maximum Gasteiger partial charge on any atom is 0.220 e. The van der Waals surface area contributed by atoms with Crippen molar-refractivity contribution in [1.82, 2.24) is 5.32 Å². The Bertz CT molecular complexity index is 205. The van der Waals surface area contributed by atoms with Crippen LogP contribution >= 0.6 is 0 Å². The number of hydrogen-bond donors (Lipinski definition) is 2. The topological polar surface area (TPSA) is 58.6 Å². The lowest BCUT2D eigenvalue weighted by molar-refractivity contribution is -0.122. The first kappa shape index (κ1) is 16.4. The van der Waals surface area contributed by atoms with Crippen molar-refractivity contribution in [2.24, 2.45) is 11.8 Å². The Balaban J connectivity index is 3.83. The van der Waals surface area contributed by atoms with E-state index in [-0.39, 0.29) is 17.7 Å². The Kier molecular flexibility index (Phi) is 9.09. The Labute approximate surface area is 105 Å². The van der Waals surface area contributed by atoms with Gasteiger partial charge >= 0.3 is 0 Å². The van der Waals surface area contributed by atoms with E-state index in [9.17, 15) is 9.90 Å². The predicted molar refractivity (Wildman–Crippen MR) is 68.7 cm³/mol. The number of ether oxygens (including phenoxy) is 1. The van der Waals surface area contributed by atoms with E-state index in [1.54, 1.807) is 7.11 Å². The third kappa shape index (κ3) is 7.34. The molecule has 0 fully saturated rings. The van der Waals surface area contributed by atoms with Gasteiger partial charge in [-0.1, -0.05) is 33.6 Å². The van der Waals surface area contributed by atoms with Crippen LogP contribution in [0.2, 0.25) is 0 Å². The van der Waals surface area contributed by atoms with Gasteiger partial charge in [-0.25, -0.2) is 0 Å². The van der Waals surface area contributed by atoms with Crippen LogP contribution < -0.4 is 5.32 Å². The quantitative estimate of drug-likeness (QED) is 0.648. The van der Waals surface area contributed by atoms with E-state index < -0.39 is 6.10 Å². The molecule has 2 unspecified atom stereocenters. The van der Waals surface area contributed by atoms with Gasteiger partial charge in [0.2, 0.25) is 5.91 Å². The Morgan fingerprint density at radius 3 is 2.41 bits per heavy atom. The van der Waals surface area contributed by atoms with Crippen LogP contribution in [0.4, 0.5) is 0 Å². The number of aliphatic hydroxyl groups excluding tert-OH is 1. The summed E-state index contributed by atoms with van der Waals surface area (Å²) in [6, 6.07) is 0. The molecule has 0 aliphatic rings. The smallest absolute Gasteiger partial charge is 0.220 e. The molecule has 0 rings (SSSR count). The third-order valence-electron chi connectivity index (χ3n) is 3.09. The van der Waals surface area contributed by atoms with Crippen molar-refractivity contribution in [1.29, 1.82) is 0 Å². The van der Waals surface area contributed by atoms with Crippen LogP contribution in [0, 0.1) is 11.8 Å². The molecule has 0 bridgehead atoms. The summed E-state index contributed by atoms with van der Waals surface area (Å²) in [7, 11) is 1.63. The first-order valence-electron chi connectivity index (χ1n) is 6.48. The first-order chi connectivity index (χ1) is 8.04. The van der Waals surface area contributed by atoms with Crippen molar-refractivity contribution < 1.29 is 14.6 Å². The number of amides is 1. The lowest BCUT2D eigenvalue weighted by Crippen LogP contribution is -2.36. The molecule has 0 aromatic heterocycles. The van der Waals surface area contributed by atoms with Gasteiger partial charge in [0.1, 0.15) is 0 Å². The van der Waals surface area contributed by atoms with Gasteiger partial charge in [-0.05, 0) is 11.8 Å². The minimum atomic E-state index is -0.438. The van der Waals surface area contributed by atoms with Gasteiger partial charge in [0.15, 0.2) is 0 Å². The average Bonchev–Trinajstić information content (AvgIpc) is 2.28. The van der Waals surface area contributed by atoms with Crippen LogP contribution in [0.3, 0.4) is 0 Å². The normalized spacial score (nSPS) is 14.7. The minimum absolute atomic E-state index is 0.0143. The van der Waals surface area contributed by atoms with Gasteiger partial charge in [-0.2, -0.15) is 0 Å². The molecule has 0 saturated heterocycles. The molecule has 2 N–H and O–H groups in total. The first-order valence-corrected chi connectivity index (χ1v) is 6.48. The molecule has 1 amide bonds. The van der Waals surface area contributed by atoms with E-state index in [1.807, 2.05) is 6.92 Å². The van der Waals surface area contributed by atoms with Gasteiger partial charge in [0.05, 0.1) is 6.10 Å².